The molecule has 5 heteroatoms. The molecule has 0 aromatic heterocycles. The number of aliphatic hydroxyl groups excluding tert-OH is 1. The van der Waals surface area contributed by atoms with Crippen LogP contribution in [0.4, 0.5) is 0 Å². The minimum Gasteiger partial charge on any atom is -0.512 e. The molecule has 2 N–H and O–H groups in total. The predicted octanol–water partition coefficient (Wildman–Crippen LogP) is 1.74. The summed E-state index contributed by atoms with van der Waals surface area (Å²) in [7, 11) is 0. The highest BCUT2D eigenvalue weighted by molar-refractivity contribution is 5.77. The molecule has 0 aliphatic rings. The van der Waals surface area contributed by atoms with Crippen molar-refractivity contribution in [3.63, 3.8) is 0 Å². The van der Waals surface area contributed by atoms with Gasteiger partial charge >= 0.3 is 5.97 Å². The second-order valence-corrected chi connectivity index (χ2v) is 3.15. The fourth-order valence-electron chi connectivity index (χ4n) is 1.29. The lowest BCUT2D eigenvalue weighted by molar-refractivity contribution is -0.149. The van der Waals surface area contributed by atoms with E-state index < -0.39 is 17.1 Å². The molecule has 0 aromatic carbocycles. The van der Waals surface area contributed by atoms with E-state index in [4.69, 9.17) is 15.6 Å². The van der Waals surface area contributed by atoms with Crippen molar-refractivity contribution in [2.75, 3.05) is 0 Å². The van der Waals surface area contributed by atoms with Crippen LogP contribution in [0, 0.1) is 28.1 Å². The standard InChI is InChI=1S/C10H12N2O3/c1-8(13)10(9(14)15,4-2-6-11)5-3-7-12/h13H,1-5H2,(H,14,15). The van der Waals surface area contributed by atoms with Crippen molar-refractivity contribution in [1.29, 1.82) is 10.5 Å². The number of aliphatic hydroxyl groups is 1. The van der Waals surface area contributed by atoms with Crippen LogP contribution in [0.1, 0.15) is 25.7 Å². The van der Waals surface area contributed by atoms with Crippen LogP contribution in [0.15, 0.2) is 12.3 Å². The van der Waals surface area contributed by atoms with Crippen molar-refractivity contribution >= 4 is 5.97 Å². The number of carboxylic acid groups (broad SMARTS) is 1. The van der Waals surface area contributed by atoms with E-state index in [0.29, 0.717) is 0 Å². The van der Waals surface area contributed by atoms with Crippen LogP contribution in [0.3, 0.4) is 0 Å². The van der Waals surface area contributed by atoms with Gasteiger partial charge in [-0.05, 0) is 12.8 Å². The van der Waals surface area contributed by atoms with Gasteiger partial charge in [0.15, 0.2) is 0 Å². The normalized spacial score (nSPS) is 10.0. The Morgan fingerprint density at radius 2 is 1.60 bits per heavy atom. The predicted molar refractivity (Wildman–Crippen MR) is 51.5 cm³/mol. The zero-order valence-electron chi connectivity index (χ0n) is 8.23. The summed E-state index contributed by atoms with van der Waals surface area (Å²) in [5.41, 5.74) is -1.56. The average Bonchev–Trinajstić information content (AvgIpc) is 2.17. The molecule has 0 bridgehead atoms. The van der Waals surface area contributed by atoms with Gasteiger partial charge in [-0.1, -0.05) is 6.58 Å². The summed E-state index contributed by atoms with van der Waals surface area (Å²) in [5, 5.41) is 35.1. The molecule has 0 rings (SSSR count). The maximum atomic E-state index is 11.0. The Hall–Kier alpha value is -2.01. The van der Waals surface area contributed by atoms with Crippen molar-refractivity contribution < 1.29 is 15.0 Å². The largest absolute Gasteiger partial charge is 0.512 e. The highest BCUT2D eigenvalue weighted by atomic mass is 16.4. The molecule has 0 saturated heterocycles. The number of nitriles is 2. The maximum absolute atomic E-state index is 11.0. The first-order valence-electron chi connectivity index (χ1n) is 4.37. The molecule has 0 amide bonds. The Morgan fingerprint density at radius 3 is 1.80 bits per heavy atom. The Balaban J connectivity index is 4.93. The van der Waals surface area contributed by atoms with Crippen molar-refractivity contribution in [3.8, 4) is 12.1 Å². The molecule has 0 fully saturated rings. The lowest BCUT2D eigenvalue weighted by Crippen LogP contribution is -2.32. The van der Waals surface area contributed by atoms with Crippen LogP contribution in [-0.4, -0.2) is 16.2 Å². The van der Waals surface area contributed by atoms with Crippen molar-refractivity contribution in [2.45, 2.75) is 25.7 Å². The van der Waals surface area contributed by atoms with Gasteiger partial charge in [-0.2, -0.15) is 10.5 Å². The minimum absolute atomic E-state index is 0.00267. The second kappa shape index (κ2) is 5.66. The van der Waals surface area contributed by atoms with E-state index in [1.54, 1.807) is 0 Å². The third-order valence-electron chi connectivity index (χ3n) is 2.29. The summed E-state index contributed by atoms with van der Waals surface area (Å²) in [5.74, 6) is -1.75. The third kappa shape index (κ3) is 2.99. The van der Waals surface area contributed by atoms with Crippen LogP contribution >= 0.6 is 0 Å². The Labute approximate surface area is 87.9 Å². The molecule has 0 aromatic rings. The van der Waals surface area contributed by atoms with Crippen molar-refractivity contribution in [2.24, 2.45) is 5.41 Å². The number of rotatable bonds is 6. The summed E-state index contributed by atoms with van der Waals surface area (Å²) in [6.45, 7) is 3.21. The summed E-state index contributed by atoms with van der Waals surface area (Å²) in [6.07, 6.45) is -0.0691. The molecule has 0 spiro atoms. The van der Waals surface area contributed by atoms with Gasteiger partial charge in [0, 0.05) is 12.8 Å². The van der Waals surface area contributed by atoms with Gasteiger partial charge < -0.3 is 10.2 Å². The van der Waals surface area contributed by atoms with Crippen LogP contribution in [0.5, 0.6) is 0 Å². The van der Waals surface area contributed by atoms with E-state index in [0.717, 1.165) is 0 Å². The molecule has 5 nitrogen and oxygen atoms in total. The summed E-state index contributed by atoms with van der Waals surface area (Å²) in [4.78, 5) is 11.0. The second-order valence-electron chi connectivity index (χ2n) is 3.15. The molecule has 0 unspecified atom stereocenters. The third-order valence-corrected chi connectivity index (χ3v) is 2.29. The van der Waals surface area contributed by atoms with E-state index in [-0.39, 0.29) is 25.7 Å². The number of carboxylic acids is 1. The van der Waals surface area contributed by atoms with Crippen LogP contribution in [0.2, 0.25) is 0 Å². The van der Waals surface area contributed by atoms with Crippen LogP contribution in [0.25, 0.3) is 0 Å². The highest BCUT2D eigenvalue weighted by Gasteiger charge is 2.41. The molecule has 80 valence electrons. The van der Waals surface area contributed by atoms with Crippen LogP contribution < -0.4 is 0 Å². The van der Waals surface area contributed by atoms with E-state index in [2.05, 4.69) is 6.58 Å². The fourth-order valence-corrected chi connectivity index (χ4v) is 1.29. The molecule has 0 aliphatic heterocycles. The number of aliphatic carboxylic acids is 1. The van der Waals surface area contributed by atoms with Gasteiger partial charge in [-0.15, -0.1) is 0 Å². The molecule has 0 radical (unpaired) electrons. The first-order valence-corrected chi connectivity index (χ1v) is 4.37. The van der Waals surface area contributed by atoms with Crippen molar-refractivity contribution in [3.05, 3.63) is 12.3 Å². The van der Waals surface area contributed by atoms with Gasteiger partial charge in [-0.25, -0.2) is 0 Å². The zero-order chi connectivity index (χ0) is 11.9. The van der Waals surface area contributed by atoms with Gasteiger partial charge in [0.05, 0.1) is 12.1 Å². The summed E-state index contributed by atoms with van der Waals surface area (Å²) >= 11 is 0. The smallest absolute Gasteiger partial charge is 0.317 e. The number of hydrogen-bond donors (Lipinski definition) is 2. The molecule has 0 aliphatic carbocycles. The lowest BCUT2D eigenvalue weighted by atomic mass is 9.78. The molecular weight excluding hydrogens is 196 g/mol. The van der Waals surface area contributed by atoms with E-state index >= 15 is 0 Å². The topological polar surface area (TPSA) is 105 Å². The molecule has 0 heterocycles. The van der Waals surface area contributed by atoms with Crippen LogP contribution in [-0.2, 0) is 4.79 Å². The monoisotopic (exact) mass is 208 g/mol. The Kier molecular flexibility index (Phi) is 4.90. The Morgan fingerprint density at radius 1 is 1.20 bits per heavy atom. The Bertz CT molecular complexity index is 302. The van der Waals surface area contributed by atoms with Gasteiger partial charge in [-0.3, -0.25) is 4.79 Å². The zero-order valence-corrected chi connectivity index (χ0v) is 8.23. The van der Waals surface area contributed by atoms with E-state index in [1.165, 1.54) is 0 Å². The summed E-state index contributed by atoms with van der Waals surface area (Å²) < 4.78 is 0. The first-order chi connectivity index (χ1) is 7.01. The van der Waals surface area contributed by atoms with Gasteiger partial charge in [0.1, 0.15) is 11.2 Å². The number of nitrogens with zero attached hydrogens (tertiary/aromatic N) is 2. The molecule has 0 atom stereocenters. The first kappa shape index (κ1) is 13.0. The summed E-state index contributed by atoms with van der Waals surface area (Å²) in [6, 6.07) is 3.62. The molecular formula is C10H12N2O3. The van der Waals surface area contributed by atoms with Crippen molar-refractivity contribution in [1.82, 2.24) is 0 Å². The number of carbonyl (C=O) groups is 1. The van der Waals surface area contributed by atoms with E-state index in [9.17, 15) is 9.90 Å². The maximum Gasteiger partial charge on any atom is 0.317 e. The molecule has 15 heavy (non-hydrogen) atoms. The highest BCUT2D eigenvalue weighted by Crippen LogP contribution is 2.35. The molecule has 0 saturated carbocycles. The lowest BCUT2D eigenvalue weighted by Gasteiger charge is -2.26. The average molecular weight is 208 g/mol. The quantitative estimate of drug-likeness (QED) is 0.646. The number of hydrogen-bond acceptors (Lipinski definition) is 4. The SMILES string of the molecule is C=C(O)C(CCC#N)(CCC#N)C(=O)O. The van der Waals surface area contributed by atoms with Gasteiger partial charge in [0.2, 0.25) is 0 Å². The van der Waals surface area contributed by atoms with E-state index in [1.807, 2.05) is 12.1 Å². The fraction of sp³-hybridized carbons (Fsp3) is 0.500. The minimum atomic E-state index is -1.56. The van der Waals surface area contributed by atoms with Gasteiger partial charge in [0.25, 0.3) is 0 Å².